The van der Waals surface area contributed by atoms with Crippen molar-refractivity contribution in [2.45, 2.75) is 64.6 Å². The maximum atomic E-state index is 10.1. The molecule has 1 N–H and O–H groups in total. The summed E-state index contributed by atoms with van der Waals surface area (Å²) in [6, 6.07) is 17.7. The van der Waals surface area contributed by atoms with E-state index in [2.05, 4.69) is 20.5 Å². The van der Waals surface area contributed by atoms with Crippen molar-refractivity contribution in [3.63, 3.8) is 0 Å². The molecule has 0 aliphatic carbocycles. The summed E-state index contributed by atoms with van der Waals surface area (Å²) in [4.78, 5) is 17.2. The molecular weight excluding hydrogens is 633 g/mol. The first kappa shape index (κ1) is 38.3. The van der Waals surface area contributed by atoms with E-state index < -0.39 is 6.10 Å². The Balaban J connectivity index is 0.000000348. The van der Waals surface area contributed by atoms with Gasteiger partial charge in [-0.2, -0.15) is 18.2 Å². The predicted molar refractivity (Wildman–Crippen MR) is 155 cm³/mol. The van der Waals surface area contributed by atoms with Crippen LogP contribution < -0.4 is 26.5 Å². The van der Waals surface area contributed by atoms with E-state index in [0.29, 0.717) is 11.8 Å². The number of aliphatic hydroxyl groups is 1. The molecular formula is C31H37BrMgN2O8. The van der Waals surface area contributed by atoms with E-state index in [-0.39, 0.29) is 71.8 Å². The van der Waals surface area contributed by atoms with Crippen molar-refractivity contribution < 1.29 is 54.7 Å². The number of rotatable bonds is 7. The molecule has 0 amide bonds. The summed E-state index contributed by atoms with van der Waals surface area (Å²) in [5.41, 5.74) is 0.712. The van der Waals surface area contributed by atoms with Crippen LogP contribution in [0.15, 0.2) is 82.3 Å². The van der Waals surface area contributed by atoms with E-state index in [1.54, 1.807) is 12.1 Å². The molecule has 3 unspecified atom stereocenters. The van der Waals surface area contributed by atoms with Crippen molar-refractivity contribution >= 4 is 29.3 Å². The first-order valence-corrected chi connectivity index (χ1v) is 13.3. The third-order valence-corrected chi connectivity index (χ3v) is 5.93. The molecule has 4 heterocycles. The van der Waals surface area contributed by atoms with Crippen LogP contribution in [0.1, 0.15) is 74.2 Å². The Morgan fingerprint density at radius 3 is 1.84 bits per heavy atom. The van der Waals surface area contributed by atoms with Gasteiger partial charge in [-0.05, 0) is 43.4 Å². The van der Waals surface area contributed by atoms with Gasteiger partial charge in [0.05, 0.1) is 25.6 Å². The number of benzene rings is 2. The minimum Gasteiger partial charge on any atom is -1.00 e. The summed E-state index contributed by atoms with van der Waals surface area (Å²) in [5.74, 6) is 2.01. The average molecular weight is 670 g/mol. The van der Waals surface area contributed by atoms with Crippen molar-refractivity contribution in [2.24, 2.45) is 0 Å². The van der Waals surface area contributed by atoms with E-state index in [1.807, 2.05) is 36.4 Å². The van der Waals surface area contributed by atoms with Gasteiger partial charge in [0.2, 0.25) is 12.2 Å². The predicted octanol–water partition coefficient (Wildman–Crippen LogP) is 2.80. The van der Waals surface area contributed by atoms with Crippen LogP contribution in [0.4, 0.5) is 0 Å². The maximum Gasteiger partial charge on any atom is 2.00 e. The number of oxazole rings is 2. The summed E-state index contributed by atoms with van der Waals surface area (Å²) in [6.45, 7) is 1.58. The van der Waals surface area contributed by atoms with Gasteiger partial charge in [0, 0.05) is 18.6 Å². The second kappa shape index (κ2) is 21.9. The molecule has 12 heteroatoms. The Morgan fingerprint density at radius 2 is 1.40 bits per heavy atom. The topological polar surface area (TPSA) is 126 Å². The third kappa shape index (κ3) is 13.6. The van der Waals surface area contributed by atoms with E-state index in [9.17, 15) is 9.90 Å². The molecule has 10 nitrogen and oxygen atoms in total. The molecule has 2 aliphatic rings. The number of aromatic nitrogens is 2. The van der Waals surface area contributed by atoms with Crippen LogP contribution in [-0.2, 0) is 9.47 Å². The molecule has 0 radical (unpaired) electrons. The fraction of sp³-hybridized carbons (Fsp3) is 0.387. The minimum atomic E-state index is -0.856. The zero-order valence-electron chi connectivity index (χ0n) is 23.2. The number of nitrogens with zero attached hydrogens (tertiary/aromatic N) is 2. The van der Waals surface area contributed by atoms with Crippen molar-refractivity contribution in [1.29, 1.82) is 0 Å². The first-order valence-electron chi connectivity index (χ1n) is 13.3. The summed E-state index contributed by atoms with van der Waals surface area (Å²) >= 11 is 0. The second-order valence-corrected chi connectivity index (χ2v) is 8.89. The Kier molecular flexibility index (Phi) is 19.5. The largest absolute Gasteiger partial charge is 2.00 e. The Hall–Kier alpha value is -2.74. The van der Waals surface area contributed by atoms with Crippen molar-refractivity contribution in [1.82, 2.24) is 9.97 Å². The molecule has 0 spiro atoms. The Labute approximate surface area is 279 Å². The number of hydrogen-bond donors (Lipinski definition) is 1. The van der Waals surface area contributed by atoms with Gasteiger partial charge >= 0.3 is 23.1 Å². The van der Waals surface area contributed by atoms with Crippen molar-refractivity contribution in [3.8, 4) is 11.5 Å². The van der Waals surface area contributed by atoms with Crippen molar-refractivity contribution in [2.75, 3.05) is 13.2 Å². The SMILES string of the molecule is C.O=Cc1ncco1.OC(c1ccc(OC2CCCCO2)cc1)c1ncco1.[Br-].[Mg+2].[c-]1ccc(OC2CCCCO2)cc1. The van der Waals surface area contributed by atoms with Crippen LogP contribution in [0.3, 0.4) is 0 Å². The smallest absolute Gasteiger partial charge is 1.00 e. The van der Waals surface area contributed by atoms with Crippen LogP contribution in [0.2, 0.25) is 0 Å². The number of carbonyl (C=O) groups is 1. The van der Waals surface area contributed by atoms with Gasteiger partial charge < -0.3 is 49.9 Å². The molecule has 2 fully saturated rings. The first-order chi connectivity index (χ1) is 19.7. The van der Waals surface area contributed by atoms with E-state index in [4.69, 9.17) is 23.4 Å². The number of aldehydes is 1. The number of ether oxygens (including phenoxy) is 4. The van der Waals surface area contributed by atoms with Gasteiger partial charge in [-0.3, -0.25) is 4.79 Å². The van der Waals surface area contributed by atoms with Gasteiger partial charge in [0.25, 0.3) is 5.89 Å². The summed E-state index contributed by atoms with van der Waals surface area (Å²) in [5, 5.41) is 10.1. The van der Waals surface area contributed by atoms with Crippen molar-refractivity contribution in [3.05, 3.63) is 96.9 Å². The molecule has 6 rings (SSSR count). The molecule has 2 aromatic heterocycles. The van der Waals surface area contributed by atoms with Gasteiger partial charge in [-0.25, -0.2) is 9.97 Å². The fourth-order valence-electron chi connectivity index (χ4n) is 3.90. The normalized spacial score (nSPS) is 17.8. The van der Waals surface area contributed by atoms with E-state index in [1.165, 1.54) is 31.3 Å². The van der Waals surface area contributed by atoms with Crippen LogP contribution in [-0.4, -0.2) is 70.2 Å². The zero-order valence-corrected chi connectivity index (χ0v) is 26.2. The third-order valence-electron chi connectivity index (χ3n) is 5.93. The monoisotopic (exact) mass is 668 g/mol. The fourth-order valence-corrected chi connectivity index (χ4v) is 3.90. The molecule has 4 aromatic rings. The quantitative estimate of drug-likeness (QED) is 0.178. The summed E-state index contributed by atoms with van der Waals surface area (Å²) in [6.07, 6.45) is 11.7. The Morgan fingerprint density at radius 1 is 0.837 bits per heavy atom. The van der Waals surface area contributed by atoms with Gasteiger partial charge in [-0.1, -0.05) is 19.6 Å². The second-order valence-electron chi connectivity index (χ2n) is 8.89. The molecule has 3 atom stereocenters. The summed E-state index contributed by atoms with van der Waals surface area (Å²) < 4.78 is 31.9. The van der Waals surface area contributed by atoms with E-state index >= 15 is 0 Å². The zero-order chi connectivity index (χ0) is 27.8. The van der Waals surface area contributed by atoms with Gasteiger partial charge in [0.15, 0.2) is 18.7 Å². The van der Waals surface area contributed by atoms with Gasteiger partial charge in [0.1, 0.15) is 18.3 Å². The maximum absolute atomic E-state index is 10.1. The molecule has 43 heavy (non-hydrogen) atoms. The van der Waals surface area contributed by atoms with Gasteiger partial charge in [-0.15, -0.1) is 12.1 Å². The number of aliphatic hydroxyl groups excluding tert-OH is 1. The average Bonchev–Trinajstić information content (AvgIpc) is 3.75. The minimum absolute atomic E-state index is 0. The number of halogens is 1. The number of hydrogen-bond acceptors (Lipinski definition) is 10. The summed E-state index contributed by atoms with van der Waals surface area (Å²) in [7, 11) is 0. The van der Waals surface area contributed by atoms with Crippen LogP contribution in [0.25, 0.3) is 0 Å². The van der Waals surface area contributed by atoms with E-state index in [0.717, 1.165) is 56.8 Å². The molecule has 2 aliphatic heterocycles. The van der Waals surface area contributed by atoms with Crippen LogP contribution >= 0.6 is 0 Å². The molecule has 2 saturated heterocycles. The van der Waals surface area contributed by atoms with Crippen LogP contribution in [0.5, 0.6) is 11.5 Å². The standard InChI is InChI=1S/C15H17NO4.C11H13O2.C4H3NO2.CH4.BrH.Mg/c17-14(15-16-8-10-19-15)11-4-6-12(7-5-11)20-13-3-1-2-9-18-13;1-2-6-10(7-3-1)13-11-8-4-5-9-12-11;6-3-4-5-1-2-7-4;;;/h4-8,10,13-14,17H,1-3,9H2;2-3,6-7,11H,4-5,8-9H2;1-3H;1H4;1H;/q;-1;;;;+2/p-1. The Bertz CT molecular complexity index is 1200. The molecule has 2 aromatic carbocycles. The molecule has 0 bridgehead atoms. The molecule has 228 valence electrons. The van der Waals surface area contributed by atoms with Crippen LogP contribution in [0, 0.1) is 6.07 Å². The molecule has 0 saturated carbocycles. The number of carbonyl (C=O) groups excluding carboxylic acids is 1.